The molecule has 0 aromatic carbocycles. The predicted molar refractivity (Wildman–Crippen MR) is 63.8 cm³/mol. The van der Waals surface area contributed by atoms with Crippen LogP contribution < -0.4 is 0 Å². The molecule has 0 aromatic heterocycles. The second-order valence-electron chi connectivity index (χ2n) is 3.09. The summed E-state index contributed by atoms with van der Waals surface area (Å²) in [6.45, 7) is 5.00. The third kappa shape index (κ3) is 5.84. The Morgan fingerprint density at radius 2 is 1.83 bits per heavy atom. The van der Waals surface area contributed by atoms with Crippen LogP contribution in [-0.4, -0.2) is 28.4 Å². The second kappa shape index (κ2) is 7.65. The van der Waals surface area contributed by atoms with Crippen LogP contribution in [-0.2, 0) is 4.74 Å². The quantitative estimate of drug-likeness (QED) is 0.538. The number of hydrogen-bond donors (Lipinski definition) is 0. The Morgan fingerprint density at radius 1 is 1.25 bits per heavy atom. The van der Waals surface area contributed by atoms with Crippen molar-refractivity contribution in [1.82, 2.24) is 0 Å². The fraction of sp³-hybridized carbons (Fsp3) is 1.00. The molecule has 0 radical (unpaired) electrons. The number of halogens is 3. The molecule has 0 aliphatic carbocycles. The Labute approximate surface area is 98.3 Å². The fourth-order valence-corrected chi connectivity index (χ4v) is 1.93. The SMILES string of the molecule is CC(C)COC(CCl)C(I)CCl. The van der Waals surface area contributed by atoms with Gasteiger partial charge in [-0.3, -0.25) is 0 Å². The van der Waals surface area contributed by atoms with E-state index in [1.54, 1.807) is 0 Å². The highest BCUT2D eigenvalue weighted by Gasteiger charge is 2.17. The van der Waals surface area contributed by atoms with Gasteiger partial charge in [0.1, 0.15) is 0 Å². The van der Waals surface area contributed by atoms with Crippen LogP contribution in [0.25, 0.3) is 0 Å². The highest BCUT2D eigenvalue weighted by molar-refractivity contribution is 14.1. The molecule has 0 fully saturated rings. The molecule has 0 spiro atoms. The zero-order valence-corrected chi connectivity index (χ0v) is 11.1. The summed E-state index contributed by atoms with van der Waals surface area (Å²) >= 11 is 13.7. The summed E-state index contributed by atoms with van der Waals surface area (Å²) in [6, 6.07) is 0. The van der Waals surface area contributed by atoms with E-state index in [4.69, 9.17) is 27.9 Å². The van der Waals surface area contributed by atoms with Crippen molar-refractivity contribution < 1.29 is 4.74 Å². The molecule has 2 atom stereocenters. The normalized spacial score (nSPS) is 16.5. The van der Waals surface area contributed by atoms with Crippen molar-refractivity contribution in [3.8, 4) is 0 Å². The molecule has 4 heteroatoms. The molecule has 0 bridgehead atoms. The van der Waals surface area contributed by atoms with Crippen LogP contribution in [0.2, 0.25) is 0 Å². The van der Waals surface area contributed by atoms with E-state index in [1.165, 1.54) is 0 Å². The summed E-state index contributed by atoms with van der Waals surface area (Å²) in [4.78, 5) is 0. The largest absolute Gasteiger partial charge is 0.376 e. The Morgan fingerprint density at radius 3 is 2.17 bits per heavy atom. The molecule has 0 amide bonds. The van der Waals surface area contributed by atoms with Crippen molar-refractivity contribution in [2.45, 2.75) is 23.9 Å². The van der Waals surface area contributed by atoms with Gasteiger partial charge in [-0.1, -0.05) is 36.4 Å². The predicted octanol–water partition coefficient (Wildman–Crippen LogP) is 3.31. The minimum atomic E-state index is 0.0900. The number of ether oxygens (including phenoxy) is 1. The summed E-state index contributed by atoms with van der Waals surface area (Å²) < 4.78 is 5.89. The van der Waals surface area contributed by atoms with E-state index >= 15 is 0 Å². The highest BCUT2D eigenvalue weighted by Crippen LogP contribution is 2.14. The molecule has 0 N–H and O–H groups in total. The zero-order valence-electron chi connectivity index (χ0n) is 7.40. The van der Waals surface area contributed by atoms with Crippen molar-refractivity contribution in [3.05, 3.63) is 0 Å². The molecule has 0 aromatic rings. The third-order valence-electron chi connectivity index (χ3n) is 1.35. The number of rotatable bonds is 6. The van der Waals surface area contributed by atoms with E-state index in [-0.39, 0.29) is 6.10 Å². The lowest BCUT2D eigenvalue weighted by atomic mass is 10.2. The first-order valence-corrected chi connectivity index (χ1v) is 6.30. The average molecular weight is 325 g/mol. The first-order valence-electron chi connectivity index (χ1n) is 3.99. The van der Waals surface area contributed by atoms with E-state index in [9.17, 15) is 0 Å². The van der Waals surface area contributed by atoms with Gasteiger partial charge in [-0.05, 0) is 5.92 Å². The molecule has 0 saturated carbocycles. The lowest BCUT2D eigenvalue weighted by Crippen LogP contribution is -2.28. The molecule has 0 rings (SSSR count). The highest BCUT2D eigenvalue weighted by atomic mass is 127. The average Bonchev–Trinajstić information content (AvgIpc) is 2.04. The lowest BCUT2D eigenvalue weighted by Gasteiger charge is -2.20. The molecule has 0 saturated heterocycles. The topological polar surface area (TPSA) is 9.23 Å². The van der Waals surface area contributed by atoms with E-state index in [1.807, 2.05) is 0 Å². The van der Waals surface area contributed by atoms with Gasteiger partial charge in [-0.15, -0.1) is 23.2 Å². The van der Waals surface area contributed by atoms with Crippen LogP contribution in [0.1, 0.15) is 13.8 Å². The Balaban J connectivity index is 3.67. The zero-order chi connectivity index (χ0) is 9.56. The van der Waals surface area contributed by atoms with Crippen molar-refractivity contribution in [3.63, 3.8) is 0 Å². The van der Waals surface area contributed by atoms with Crippen molar-refractivity contribution in [2.75, 3.05) is 18.4 Å². The van der Waals surface area contributed by atoms with Gasteiger partial charge in [0, 0.05) is 18.4 Å². The molecule has 0 heterocycles. The summed E-state index contributed by atoms with van der Waals surface area (Å²) in [6.07, 6.45) is 0.0900. The minimum Gasteiger partial charge on any atom is -0.376 e. The second-order valence-corrected chi connectivity index (χ2v) is 5.31. The standard InChI is InChI=1S/C8H15Cl2IO/c1-6(2)5-12-8(4-10)7(11)3-9/h6-8H,3-5H2,1-2H3. The van der Waals surface area contributed by atoms with Crippen LogP contribution >= 0.6 is 45.8 Å². The summed E-state index contributed by atoms with van der Waals surface area (Å²) in [7, 11) is 0. The van der Waals surface area contributed by atoms with Gasteiger partial charge in [0.2, 0.25) is 0 Å². The maximum Gasteiger partial charge on any atom is 0.0839 e. The minimum absolute atomic E-state index is 0.0900. The summed E-state index contributed by atoms with van der Waals surface area (Å²) in [5, 5.41) is 0. The molecule has 0 aliphatic rings. The van der Waals surface area contributed by atoms with Crippen LogP contribution in [0.15, 0.2) is 0 Å². The van der Waals surface area contributed by atoms with Gasteiger partial charge in [0.25, 0.3) is 0 Å². The maximum atomic E-state index is 5.74. The van der Waals surface area contributed by atoms with E-state index in [0.29, 0.717) is 21.6 Å². The Kier molecular flexibility index (Phi) is 8.46. The van der Waals surface area contributed by atoms with Crippen LogP contribution in [0.5, 0.6) is 0 Å². The first-order chi connectivity index (χ1) is 5.61. The van der Waals surface area contributed by atoms with E-state index in [0.717, 1.165) is 6.61 Å². The molecule has 74 valence electrons. The van der Waals surface area contributed by atoms with Gasteiger partial charge < -0.3 is 4.74 Å². The Bertz CT molecular complexity index is 111. The molecule has 1 nitrogen and oxygen atoms in total. The monoisotopic (exact) mass is 324 g/mol. The van der Waals surface area contributed by atoms with Gasteiger partial charge in [0.05, 0.1) is 10.0 Å². The summed E-state index contributed by atoms with van der Waals surface area (Å²) in [5.74, 6) is 1.66. The van der Waals surface area contributed by atoms with Crippen LogP contribution in [0.4, 0.5) is 0 Å². The van der Waals surface area contributed by atoms with Gasteiger partial charge in [-0.2, -0.15) is 0 Å². The molecular formula is C8H15Cl2IO. The Hall–Kier alpha value is 1.27. The van der Waals surface area contributed by atoms with E-state index in [2.05, 4.69) is 36.4 Å². The van der Waals surface area contributed by atoms with Crippen LogP contribution in [0, 0.1) is 5.92 Å². The summed E-state index contributed by atoms with van der Waals surface area (Å²) in [5.41, 5.74) is 0. The van der Waals surface area contributed by atoms with Gasteiger partial charge >= 0.3 is 0 Å². The number of alkyl halides is 3. The van der Waals surface area contributed by atoms with Gasteiger partial charge in [-0.25, -0.2) is 0 Å². The fourth-order valence-electron chi connectivity index (χ4n) is 0.661. The number of hydrogen-bond acceptors (Lipinski definition) is 1. The van der Waals surface area contributed by atoms with Crippen molar-refractivity contribution >= 4 is 45.8 Å². The van der Waals surface area contributed by atoms with Crippen molar-refractivity contribution in [1.29, 1.82) is 0 Å². The molecule has 2 unspecified atom stereocenters. The molecular weight excluding hydrogens is 310 g/mol. The maximum absolute atomic E-state index is 5.74. The van der Waals surface area contributed by atoms with Crippen molar-refractivity contribution in [2.24, 2.45) is 5.92 Å². The first kappa shape index (κ1) is 13.3. The third-order valence-corrected chi connectivity index (χ3v) is 3.75. The van der Waals surface area contributed by atoms with Crippen LogP contribution in [0.3, 0.4) is 0 Å². The molecule has 0 aliphatic heterocycles. The van der Waals surface area contributed by atoms with Gasteiger partial charge in [0.15, 0.2) is 0 Å². The molecule has 12 heavy (non-hydrogen) atoms. The van der Waals surface area contributed by atoms with E-state index < -0.39 is 0 Å². The lowest BCUT2D eigenvalue weighted by molar-refractivity contribution is 0.0539. The smallest absolute Gasteiger partial charge is 0.0839 e.